The molecule has 0 heterocycles. The summed E-state index contributed by atoms with van der Waals surface area (Å²) >= 11 is 0. The second kappa shape index (κ2) is 8.95. The second-order valence-electron chi connectivity index (χ2n) is 5.10. The Hall–Kier alpha value is -1.10. The van der Waals surface area contributed by atoms with Crippen molar-refractivity contribution in [1.82, 2.24) is 5.32 Å². The summed E-state index contributed by atoms with van der Waals surface area (Å²) in [5, 5.41) is 2.85. The van der Waals surface area contributed by atoms with E-state index in [1.807, 2.05) is 44.2 Å². The summed E-state index contributed by atoms with van der Waals surface area (Å²) in [6.07, 6.45) is 1.01. The number of benzene rings is 1. The summed E-state index contributed by atoms with van der Waals surface area (Å²) in [7, 11) is 0. The number of rotatable bonds is 7. The molecule has 1 aromatic rings. The van der Waals surface area contributed by atoms with Gasteiger partial charge in [0, 0.05) is 13.2 Å². The first-order chi connectivity index (χ1) is 8.94. The van der Waals surface area contributed by atoms with Gasteiger partial charge in [-0.1, -0.05) is 30.3 Å². The Labute approximate surface area is 127 Å². The van der Waals surface area contributed by atoms with Crippen molar-refractivity contribution < 1.29 is 9.53 Å². The highest BCUT2D eigenvalue weighted by Crippen LogP contribution is 2.17. The average Bonchev–Trinajstić information content (AvgIpc) is 2.38. The maximum Gasteiger partial charge on any atom is 0.244 e. The average molecular weight is 301 g/mol. The summed E-state index contributed by atoms with van der Waals surface area (Å²) in [5.41, 5.74) is 5.91. The van der Waals surface area contributed by atoms with E-state index in [1.165, 1.54) is 0 Å². The Morgan fingerprint density at radius 1 is 1.35 bits per heavy atom. The first-order valence-corrected chi connectivity index (χ1v) is 6.69. The van der Waals surface area contributed by atoms with Crippen molar-refractivity contribution in [3.63, 3.8) is 0 Å². The van der Waals surface area contributed by atoms with Gasteiger partial charge in [-0.2, -0.15) is 0 Å². The second-order valence-corrected chi connectivity index (χ2v) is 5.10. The van der Waals surface area contributed by atoms with Crippen LogP contribution in [-0.4, -0.2) is 25.2 Å². The minimum atomic E-state index is -1.000. The molecule has 1 rings (SSSR count). The largest absolute Gasteiger partial charge is 0.379 e. The molecular formula is C15H25ClN2O2. The fourth-order valence-corrected chi connectivity index (χ4v) is 1.69. The smallest absolute Gasteiger partial charge is 0.244 e. The number of nitrogens with two attached hydrogens (primary N) is 1. The van der Waals surface area contributed by atoms with Crippen LogP contribution in [0.25, 0.3) is 0 Å². The monoisotopic (exact) mass is 300 g/mol. The molecule has 0 aliphatic carbocycles. The van der Waals surface area contributed by atoms with Gasteiger partial charge < -0.3 is 15.8 Å². The maximum atomic E-state index is 12.1. The van der Waals surface area contributed by atoms with Crippen LogP contribution in [0.3, 0.4) is 0 Å². The molecule has 0 radical (unpaired) electrons. The Morgan fingerprint density at radius 3 is 2.50 bits per heavy atom. The predicted octanol–water partition coefficient (Wildman–Crippen LogP) is 2.21. The Bertz CT molecular complexity index is 394. The van der Waals surface area contributed by atoms with E-state index in [-0.39, 0.29) is 24.4 Å². The number of carbonyl (C=O) groups is 1. The van der Waals surface area contributed by atoms with Crippen LogP contribution in [0.2, 0.25) is 0 Å². The maximum absolute atomic E-state index is 12.1. The highest BCUT2D eigenvalue weighted by Gasteiger charge is 2.29. The molecule has 114 valence electrons. The summed E-state index contributed by atoms with van der Waals surface area (Å²) < 4.78 is 5.41. The SMILES string of the molecule is CC(C)OCCCNC(=O)C(C)(N)c1ccccc1.Cl. The minimum Gasteiger partial charge on any atom is -0.379 e. The predicted molar refractivity (Wildman–Crippen MR) is 83.9 cm³/mol. The normalized spacial score (nSPS) is 13.4. The van der Waals surface area contributed by atoms with Crippen molar-refractivity contribution >= 4 is 18.3 Å². The molecule has 1 aromatic carbocycles. The zero-order valence-corrected chi connectivity index (χ0v) is 13.2. The molecule has 0 bridgehead atoms. The molecule has 1 atom stereocenters. The first-order valence-electron chi connectivity index (χ1n) is 6.69. The number of hydrogen-bond donors (Lipinski definition) is 2. The minimum absolute atomic E-state index is 0. The van der Waals surface area contributed by atoms with Crippen molar-refractivity contribution in [3.05, 3.63) is 35.9 Å². The van der Waals surface area contributed by atoms with Crippen LogP contribution in [0.4, 0.5) is 0 Å². The third-order valence-electron chi connectivity index (χ3n) is 2.90. The van der Waals surface area contributed by atoms with Crippen molar-refractivity contribution in [2.75, 3.05) is 13.2 Å². The van der Waals surface area contributed by atoms with Crippen LogP contribution >= 0.6 is 12.4 Å². The molecule has 0 spiro atoms. The molecule has 0 saturated heterocycles. The lowest BCUT2D eigenvalue weighted by Crippen LogP contribution is -2.49. The summed E-state index contributed by atoms with van der Waals surface area (Å²) in [6, 6.07) is 9.39. The third-order valence-corrected chi connectivity index (χ3v) is 2.90. The van der Waals surface area contributed by atoms with Gasteiger partial charge in [0.15, 0.2) is 0 Å². The van der Waals surface area contributed by atoms with E-state index in [0.717, 1.165) is 12.0 Å². The molecule has 0 aliphatic rings. The molecule has 1 amide bonds. The number of halogens is 1. The first kappa shape index (κ1) is 18.9. The van der Waals surface area contributed by atoms with E-state index in [0.29, 0.717) is 13.2 Å². The standard InChI is InChI=1S/C15H24N2O2.ClH/c1-12(2)19-11-7-10-17-14(18)15(3,16)13-8-5-4-6-9-13;/h4-6,8-9,12H,7,10-11,16H2,1-3H3,(H,17,18);1H. The zero-order chi connectivity index (χ0) is 14.3. The van der Waals surface area contributed by atoms with Crippen LogP contribution in [0, 0.1) is 0 Å². The molecule has 1 unspecified atom stereocenters. The summed E-state index contributed by atoms with van der Waals surface area (Å²) in [6.45, 7) is 6.92. The lowest BCUT2D eigenvalue weighted by atomic mass is 9.92. The lowest BCUT2D eigenvalue weighted by Gasteiger charge is -2.24. The molecule has 5 heteroatoms. The number of carbonyl (C=O) groups excluding carboxylic acids is 1. The van der Waals surface area contributed by atoms with Crippen LogP contribution in [0.15, 0.2) is 30.3 Å². The summed E-state index contributed by atoms with van der Waals surface area (Å²) in [5.74, 6) is -0.164. The summed E-state index contributed by atoms with van der Waals surface area (Å²) in [4.78, 5) is 12.1. The van der Waals surface area contributed by atoms with Crippen molar-refractivity contribution in [3.8, 4) is 0 Å². The highest BCUT2D eigenvalue weighted by atomic mass is 35.5. The van der Waals surface area contributed by atoms with E-state index in [4.69, 9.17) is 10.5 Å². The van der Waals surface area contributed by atoms with Crippen molar-refractivity contribution in [2.24, 2.45) is 5.73 Å². The quantitative estimate of drug-likeness (QED) is 0.759. The lowest BCUT2D eigenvalue weighted by molar-refractivity contribution is -0.126. The number of ether oxygens (including phenoxy) is 1. The molecular weight excluding hydrogens is 276 g/mol. The van der Waals surface area contributed by atoms with Crippen LogP contribution in [-0.2, 0) is 15.1 Å². The van der Waals surface area contributed by atoms with Gasteiger partial charge in [0.1, 0.15) is 5.54 Å². The van der Waals surface area contributed by atoms with Crippen LogP contribution < -0.4 is 11.1 Å². The molecule has 4 nitrogen and oxygen atoms in total. The van der Waals surface area contributed by atoms with E-state index in [1.54, 1.807) is 6.92 Å². The van der Waals surface area contributed by atoms with Gasteiger partial charge >= 0.3 is 0 Å². The van der Waals surface area contributed by atoms with Gasteiger partial charge in [0.05, 0.1) is 6.10 Å². The molecule has 0 aliphatic heterocycles. The topological polar surface area (TPSA) is 64.3 Å². The fraction of sp³-hybridized carbons (Fsp3) is 0.533. The Kier molecular flexibility index (Phi) is 8.46. The zero-order valence-electron chi connectivity index (χ0n) is 12.4. The van der Waals surface area contributed by atoms with E-state index in [9.17, 15) is 4.79 Å². The molecule has 0 fully saturated rings. The third kappa shape index (κ3) is 5.90. The van der Waals surface area contributed by atoms with Crippen molar-refractivity contribution in [1.29, 1.82) is 0 Å². The highest BCUT2D eigenvalue weighted by molar-refractivity contribution is 5.86. The van der Waals surface area contributed by atoms with Gasteiger partial charge in [-0.3, -0.25) is 4.79 Å². The van der Waals surface area contributed by atoms with E-state index >= 15 is 0 Å². The Balaban J connectivity index is 0.00000361. The van der Waals surface area contributed by atoms with Gasteiger partial charge in [0.25, 0.3) is 0 Å². The van der Waals surface area contributed by atoms with Gasteiger partial charge in [0.2, 0.25) is 5.91 Å². The van der Waals surface area contributed by atoms with Gasteiger partial charge in [-0.05, 0) is 32.8 Å². The van der Waals surface area contributed by atoms with Crippen molar-refractivity contribution in [2.45, 2.75) is 38.8 Å². The van der Waals surface area contributed by atoms with Gasteiger partial charge in [-0.15, -0.1) is 12.4 Å². The number of hydrogen-bond acceptors (Lipinski definition) is 3. The number of nitrogens with one attached hydrogen (secondary N) is 1. The fourth-order valence-electron chi connectivity index (χ4n) is 1.69. The van der Waals surface area contributed by atoms with Crippen LogP contribution in [0.1, 0.15) is 32.8 Å². The molecule has 0 saturated carbocycles. The van der Waals surface area contributed by atoms with Crippen LogP contribution in [0.5, 0.6) is 0 Å². The number of amides is 1. The van der Waals surface area contributed by atoms with E-state index in [2.05, 4.69) is 5.32 Å². The molecule has 3 N–H and O–H groups in total. The van der Waals surface area contributed by atoms with E-state index < -0.39 is 5.54 Å². The Morgan fingerprint density at radius 2 is 1.95 bits per heavy atom. The van der Waals surface area contributed by atoms with Gasteiger partial charge in [-0.25, -0.2) is 0 Å². The molecule has 20 heavy (non-hydrogen) atoms. The molecule has 0 aromatic heterocycles.